The second-order valence-corrected chi connectivity index (χ2v) is 2.85. The summed E-state index contributed by atoms with van der Waals surface area (Å²) >= 11 is 0. The van der Waals surface area contributed by atoms with Gasteiger partial charge in [-0.25, -0.2) is 4.98 Å². The fraction of sp³-hybridized carbons (Fsp3) is 0.625. The van der Waals surface area contributed by atoms with Crippen molar-refractivity contribution in [2.45, 2.75) is 32.2 Å². The van der Waals surface area contributed by atoms with Gasteiger partial charge in [0.25, 0.3) is 0 Å². The van der Waals surface area contributed by atoms with E-state index in [4.69, 9.17) is 0 Å². The van der Waals surface area contributed by atoms with Gasteiger partial charge < -0.3 is 4.57 Å². The van der Waals surface area contributed by atoms with Crippen LogP contribution in [0.2, 0.25) is 0 Å². The van der Waals surface area contributed by atoms with E-state index in [0.29, 0.717) is 0 Å². The molecular weight excluding hydrogens is 124 g/mol. The summed E-state index contributed by atoms with van der Waals surface area (Å²) in [7, 11) is 0. The van der Waals surface area contributed by atoms with Gasteiger partial charge in [-0.05, 0) is 12.8 Å². The van der Waals surface area contributed by atoms with Crippen LogP contribution in [0.1, 0.15) is 25.1 Å². The molecule has 54 valence electrons. The Labute approximate surface area is 60.9 Å². The van der Waals surface area contributed by atoms with E-state index in [1.165, 1.54) is 38.1 Å². The maximum absolute atomic E-state index is 4.28. The molecule has 1 aromatic heterocycles. The van der Waals surface area contributed by atoms with Crippen molar-refractivity contribution < 1.29 is 0 Å². The number of aryl methyl sites for hydroxylation is 2. The smallest absolute Gasteiger partial charge is 0.108 e. The van der Waals surface area contributed by atoms with E-state index in [-0.39, 0.29) is 0 Å². The number of hydrogen-bond acceptors (Lipinski definition) is 1. The largest absolute Gasteiger partial charge is 0.335 e. The van der Waals surface area contributed by atoms with Crippen LogP contribution in [-0.2, 0) is 13.0 Å². The van der Waals surface area contributed by atoms with Crippen LogP contribution >= 0.6 is 0 Å². The van der Waals surface area contributed by atoms with E-state index < -0.39 is 0 Å². The van der Waals surface area contributed by atoms with Gasteiger partial charge in [-0.15, -0.1) is 0 Å². The van der Waals surface area contributed by atoms with Crippen molar-refractivity contribution in [3.63, 3.8) is 0 Å². The molecule has 0 fully saturated rings. The summed E-state index contributed by atoms with van der Waals surface area (Å²) in [6.45, 7) is 1.18. The first-order chi connectivity index (χ1) is 4.97. The number of imidazole rings is 1. The zero-order chi connectivity index (χ0) is 6.81. The number of nitrogens with zero attached hydrogens (tertiary/aromatic N) is 2. The Bertz CT molecular complexity index is 194. The van der Waals surface area contributed by atoms with E-state index in [9.17, 15) is 0 Å². The molecule has 10 heavy (non-hydrogen) atoms. The van der Waals surface area contributed by atoms with Crippen molar-refractivity contribution in [3.8, 4) is 0 Å². The van der Waals surface area contributed by atoms with Crippen LogP contribution in [0.5, 0.6) is 0 Å². The van der Waals surface area contributed by atoms with Crippen LogP contribution in [0.25, 0.3) is 0 Å². The minimum absolute atomic E-state index is 1.17. The van der Waals surface area contributed by atoms with E-state index in [1.807, 2.05) is 6.20 Å². The molecule has 0 N–H and O–H groups in total. The normalized spacial score (nSPS) is 18.0. The number of rotatable bonds is 0. The molecule has 0 bridgehead atoms. The van der Waals surface area contributed by atoms with E-state index in [2.05, 4.69) is 15.7 Å². The zero-order valence-electron chi connectivity index (χ0n) is 6.08. The highest BCUT2D eigenvalue weighted by atomic mass is 15.1. The van der Waals surface area contributed by atoms with Gasteiger partial charge in [0, 0.05) is 25.4 Å². The molecule has 0 aliphatic carbocycles. The predicted molar refractivity (Wildman–Crippen MR) is 39.8 cm³/mol. The fourth-order valence-corrected chi connectivity index (χ4v) is 1.51. The monoisotopic (exact) mass is 136 g/mol. The lowest BCUT2D eigenvalue weighted by molar-refractivity contribution is 0.634. The zero-order valence-corrected chi connectivity index (χ0v) is 6.08. The highest BCUT2D eigenvalue weighted by molar-refractivity contribution is 4.93. The number of hydrogen-bond donors (Lipinski definition) is 0. The second kappa shape index (κ2) is 2.45. The molecule has 0 radical (unpaired) electrons. The fourth-order valence-electron chi connectivity index (χ4n) is 1.51. The van der Waals surface area contributed by atoms with Gasteiger partial charge >= 0.3 is 0 Å². The van der Waals surface area contributed by atoms with Crippen LogP contribution in [0.3, 0.4) is 0 Å². The Morgan fingerprint density at radius 3 is 3.30 bits per heavy atom. The molecule has 0 spiro atoms. The minimum Gasteiger partial charge on any atom is -0.335 e. The minimum atomic E-state index is 1.17. The summed E-state index contributed by atoms with van der Waals surface area (Å²) in [6.07, 6.45) is 9.16. The van der Waals surface area contributed by atoms with Gasteiger partial charge in [-0.3, -0.25) is 0 Å². The average Bonchev–Trinajstić information content (AvgIpc) is 2.28. The first-order valence-electron chi connectivity index (χ1n) is 3.97. The highest BCUT2D eigenvalue weighted by Crippen LogP contribution is 2.11. The van der Waals surface area contributed by atoms with Crippen LogP contribution < -0.4 is 0 Å². The van der Waals surface area contributed by atoms with Gasteiger partial charge in [0.2, 0.25) is 0 Å². The van der Waals surface area contributed by atoms with Crippen molar-refractivity contribution >= 4 is 0 Å². The van der Waals surface area contributed by atoms with Crippen LogP contribution in [0.15, 0.2) is 12.4 Å². The van der Waals surface area contributed by atoms with Gasteiger partial charge in [0.1, 0.15) is 5.82 Å². The molecule has 0 aromatic carbocycles. The maximum Gasteiger partial charge on any atom is 0.108 e. The first kappa shape index (κ1) is 5.96. The summed E-state index contributed by atoms with van der Waals surface area (Å²) in [5.41, 5.74) is 0. The number of aromatic nitrogens is 2. The molecule has 1 aromatic rings. The standard InChI is InChI=1S/C8H12N2/c1-2-4-8-9-5-7-10(8)6-3-1/h5,7H,1-4,6H2. The Kier molecular flexibility index (Phi) is 1.46. The lowest BCUT2D eigenvalue weighted by Gasteiger charge is -1.99. The van der Waals surface area contributed by atoms with Crippen molar-refractivity contribution in [1.82, 2.24) is 9.55 Å². The third-order valence-electron chi connectivity index (χ3n) is 2.10. The van der Waals surface area contributed by atoms with Crippen LogP contribution in [0, 0.1) is 0 Å². The topological polar surface area (TPSA) is 17.8 Å². The third-order valence-corrected chi connectivity index (χ3v) is 2.10. The Hall–Kier alpha value is -0.790. The van der Waals surface area contributed by atoms with Gasteiger partial charge in [0.05, 0.1) is 0 Å². The van der Waals surface area contributed by atoms with Gasteiger partial charge in [-0.1, -0.05) is 6.42 Å². The summed E-state index contributed by atoms with van der Waals surface area (Å²) in [6, 6.07) is 0. The molecule has 2 nitrogen and oxygen atoms in total. The summed E-state index contributed by atoms with van der Waals surface area (Å²) in [5.74, 6) is 1.28. The van der Waals surface area contributed by atoms with Crippen LogP contribution in [-0.4, -0.2) is 9.55 Å². The van der Waals surface area contributed by atoms with Crippen molar-refractivity contribution in [3.05, 3.63) is 18.2 Å². The van der Waals surface area contributed by atoms with Crippen molar-refractivity contribution in [2.75, 3.05) is 0 Å². The van der Waals surface area contributed by atoms with Gasteiger partial charge in [0.15, 0.2) is 0 Å². The summed E-state index contributed by atoms with van der Waals surface area (Å²) < 4.78 is 2.27. The molecule has 0 unspecified atom stereocenters. The predicted octanol–water partition coefficient (Wildman–Crippen LogP) is 1.61. The van der Waals surface area contributed by atoms with Crippen LogP contribution in [0.4, 0.5) is 0 Å². The van der Waals surface area contributed by atoms with E-state index in [0.717, 1.165) is 0 Å². The molecule has 2 heteroatoms. The first-order valence-corrected chi connectivity index (χ1v) is 3.97. The molecule has 0 saturated carbocycles. The Morgan fingerprint density at radius 2 is 2.30 bits per heavy atom. The number of fused-ring (bicyclic) bond motifs is 1. The third kappa shape index (κ3) is 0.939. The molecular formula is C8H12N2. The van der Waals surface area contributed by atoms with Crippen molar-refractivity contribution in [1.29, 1.82) is 0 Å². The lowest BCUT2D eigenvalue weighted by atomic mass is 10.2. The van der Waals surface area contributed by atoms with Gasteiger partial charge in [-0.2, -0.15) is 0 Å². The molecule has 0 saturated heterocycles. The summed E-state index contributed by atoms with van der Waals surface area (Å²) in [4.78, 5) is 4.28. The summed E-state index contributed by atoms with van der Waals surface area (Å²) in [5, 5.41) is 0. The lowest BCUT2D eigenvalue weighted by Crippen LogP contribution is -1.98. The molecule has 1 aliphatic rings. The maximum atomic E-state index is 4.28. The SMILES string of the molecule is c1cn2c(n1)CCCCC2. The molecule has 0 amide bonds. The Morgan fingerprint density at radius 1 is 1.30 bits per heavy atom. The van der Waals surface area contributed by atoms with Crippen molar-refractivity contribution in [2.24, 2.45) is 0 Å². The second-order valence-electron chi connectivity index (χ2n) is 2.85. The quantitative estimate of drug-likeness (QED) is 0.529. The van der Waals surface area contributed by atoms with E-state index >= 15 is 0 Å². The average molecular weight is 136 g/mol. The molecule has 0 atom stereocenters. The molecule has 1 aliphatic heterocycles. The molecule has 2 rings (SSSR count). The molecule has 2 heterocycles. The Balaban J connectivity index is 2.28. The van der Waals surface area contributed by atoms with E-state index in [1.54, 1.807) is 0 Å². The highest BCUT2D eigenvalue weighted by Gasteiger charge is 2.05.